The summed E-state index contributed by atoms with van der Waals surface area (Å²) >= 11 is 1.57. The van der Waals surface area contributed by atoms with Crippen LogP contribution >= 0.6 is 11.8 Å². The van der Waals surface area contributed by atoms with Gasteiger partial charge in [-0.25, -0.2) is 0 Å². The molecule has 140 valence electrons. The van der Waals surface area contributed by atoms with Crippen molar-refractivity contribution in [3.63, 3.8) is 0 Å². The maximum Gasteiger partial charge on any atom is 0.238 e. The molecule has 0 saturated carbocycles. The Balaban J connectivity index is 1.61. The Morgan fingerprint density at radius 1 is 1.22 bits per heavy atom. The SMILES string of the molecule is CCCC(=O)Nc1cccc([C@@H]2SCC(=O)N2c2ccc3c(c2)OCO3)c1. The van der Waals surface area contributed by atoms with Crippen LogP contribution < -0.4 is 19.7 Å². The summed E-state index contributed by atoms with van der Waals surface area (Å²) < 4.78 is 10.8. The third kappa shape index (κ3) is 3.60. The molecule has 0 unspecified atom stereocenters. The summed E-state index contributed by atoms with van der Waals surface area (Å²) in [5.74, 6) is 1.79. The fourth-order valence-corrected chi connectivity index (χ4v) is 4.37. The lowest BCUT2D eigenvalue weighted by Crippen LogP contribution is -2.27. The van der Waals surface area contributed by atoms with E-state index in [2.05, 4.69) is 5.32 Å². The highest BCUT2D eigenvalue weighted by Crippen LogP contribution is 2.45. The van der Waals surface area contributed by atoms with Gasteiger partial charge in [0.25, 0.3) is 0 Å². The Morgan fingerprint density at radius 3 is 2.93 bits per heavy atom. The predicted molar refractivity (Wildman–Crippen MR) is 105 cm³/mol. The third-order valence-electron chi connectivity index (χ3n) is 4.43. The maximum atomic E-state index is 12.6. The van der Waals surface area contributed by atoms with Crippen LogP contribution in [0.3, 0.4) is 0 Å². The second-order valence-electron chi connectivity index (χ2n) is 6.39. The smallest absolute Gasteiger partial charge is 0.238 e. The first kappa shape index (κ1) is 17.7. The zero-order chi connectivity index (χ0) is 18.8. The largest absolute Gasteiger partial charge is 0.454 e. The zero-order valence-corrected chi connectivity index (χ0v) is 15.8. The maximum absolute atomic E-state index is 12.6. The molecule has 1 fully saturated rings. The van der Waals surface area contributed by atoms with E-state index in [-0.39, 0.29) is 24.0 Å². The average molecular weight is 384 g/mol. The number of carbonyl (C=O) groups excluding carboxylic acids is 2. The minimum atomic E-state index is -0.152. The quantitative estimate of drug-likeness (QED) is 0.846. The summed E-state index contributed by atoms with van der Waals surface area (Å²) in [7, 11) is 0. The van der Waals surface area contributed by atoms with Crippen LogP contribution in [0.15, 0.2) is 42.5 Å². The van der Waals surface area contributed by atoms with Crippen molar-refractivity contribution in [2.24, 2.45) is 0 Å². The van der Waals surface area contributed by atoms with Crippen molar-refractivity contribution >= 4 is 35.0 Å². The van der Waals surface area contributed by atoms with Gasteiger partial charge in [-0.2, -0.15) is 0 Å². The molecule has 0 bridgehead atoms. The van der Waals surface area contributed by atoms with Gasteiger partial charge >= 0.3 is 0 Å². The van der Waals surface area contributed by atoms with Crippen molar-refractivity contribution in [2.45, 2.75) is 25.1 Å². The van der Waals surface area contributed by atoms with Gasteiger partial charge in [0.1, 0.15) is 5.37 Å². The predicted octanol–water partition coefficient (Wildman–Crippen LogP) is 3.93. The summed E-state index contributed by atoms with van der Waals surface area (Å²) in [5, 5.41) is 2.77. The molecule has 2 aromatic rings. The van der Waals surface area contributed by atoms with Crippen LogP contribution in [0.4, 0.5) is 11.4 Å². The van der Waals surface area contributed by atoms with E-state index in [0.717, 1.165) is 23.4 Å². The number of hydrogen-bond acceptors (Lipinski definition) is 5. The highest BCUT2D eigenvalue weighted by atomic mass is 32.2. The number of carbonyl (C=O) groups is 2. The Bertz CT molecular complexity index is 886. The second-order valence-corrected chi connectivity index (χ2v) is 7.46. The molecule has 4 rings (SSSR count). The number of hydrogen-bond donors (Lipinski definition) is 1. The molecule has 2 aliphatic rings. The van der Waals surface area contributed by atoms with Gasteiger partial charge < -0.3 is 14.8 Å². The lowest BCUT2D eigenvalue weighted by Gasteiger charge is -2.25. The van der Waals surface area contributed by atoms with Gasteiger partial charge in [0.2, 0.25) is 18.6 Å². The van der Waals surface area contributed by atoms with Gasteiger partial charge in [-0.3, -0.25) is 14.5 Å². The lowest BCUT2D eigenvalue weighted by molar-refractivity contribution is -0.116. The van der Waals surface area contributed by atoms with E-state index in [1.165, 1.54) is 0 Å². The van der Waals surface area contributed by atoms with Crippen molar-refractivity contribution in [2.75, 3.05) is 22.8 Å². The molecular weight excluding hydrogens is 364 g/mol. The number of anilines is 2. The van der Waals surface area contributed by atoms with Crippen molar-refractivity contribution in [1.29, 1.82) is 0 Å². The van der Waals surface area contributed by atoms with Gasteiger partial charge in [-0.05, 0) is 36.2 Å². The number of benzene rings is 2. The standard InChI is InChI=1S/C20H20N2O4S/c1-2-4-18(23)21-14-6-3-5-13(9-14)20-22(19(24)11-27-20)15-7-8-16-17(10-15)26-12-25-16/h3,5-10,20H,2,4,11-12H2,1H3,(H,21,23)/t20-/m0/s1. The first-order chi connectivity index (χ1) is 13.2. The first-order valence-electron chi connectivity index (χ1n) is 8.89. The van der Waals surface area contributed by atoms with E-state index in [1.54, 1.807) is 16.7 Å². The molecule has 0 spiro atoms. The van der Waals surface area contributed by atoms with Crippen molar-refractivity contribution in [3.05, 3.63) is 48.0 Å². The van der Waals surface area contributed by atoms with Crippen LogP contribution in [0.1, 0.15) is 30.7 Å². The fourth-order valence-electron chi connectivity index (χ4n) is 3.21. The molecule has 2 aliphatic heterocycles. The van der Waals surface area contributed by atoms with Crippen LogP contribution in [0.2, 0.25) is 0 Å². The van der Waals surface area contributed by atoms with E-state index in [4.69, 9.17) is 9.47 Å². The van der Waals surface area contributed by atoms with Gasteiger partial charge in [-0.1, -0.05) is 19.1 Å². The number of thioether (sulfide) groups is 1. The van der Waals surface area contributed by atoms with Crippen molar-refractivity contribution in [3.8, 4) is 11.5 Å². The van der Waals surface area contributed by atoms with Gasteiger partial charge in [0, 0.05) is 23.9 Å². The molecule has 6 nitrogen and oxygen atoms in total. The fraction of sp³-hybridized carbons (Fsp3) is 0.300. The van der Waals surface area contributed by atoms with Crippen LogP contribution in [0.5, 0.6) is 11.5 Å². The Morgan fingerprint density at radius 2 is 2.07 bits per heavy atom. The van der Waals surface area contributed by atoms with Gasteiger partial charge in [0.15, 0.2) is 11.5 Å². The number of nitrogens with zero attached hydrogens (tertiary/aromatic N) is 1. The topological polar surface area (TPSA) is 67.9 Å². The molecule has 7 heteroatoms. The molecule has 0 aromatic heterocycles. The molecule has 1 atom stereocenters. The second kappa shape index (κ2) is 7.52. The number of fused-ring (bicyclic) bond motifs is 1. The zero-order valence-electron chi connectivity index (χ0n) is 14.9. The van der Waals surface area contributed by atoms with Crippen molar-refractivity contribution in [1.82, 2.24) is 0 Å². The summed E-state index contributed by atoms with van der Waals surface area (Å²) in [5.41, 5.74) is 2.49. The van der Waals surface area contributed by atoms with E-state index < -0.39 is 0 Å². The summed E-state index contributed by atoms with van der Waals surface area (Å²) in [4.78, 5) is 26.2. The number of nitrogens with one attached hydrogen (secondary N) is 1. The minimum absolute atomic E-state index is 0.00238. The van der Waals surface area contributed by atoms with E-state index in [1.807, 2.05) is 49.4 Å². The number of amides is 2. The molecule has 1 N–H and O–H groups in total. The molecule has 0 radical (unpaired) electrons. The Kier molecular flexibility index (Phi) is 4.94. The molecule has 1 saturated heterocycles. The molecule has 2 amide bonds. The van der Waals surface area contributed by atoms with Crippen molar-refractivity contribution < 1.29 is 19.1 Å². The molecule has 2 heterocycles. The minimum Gasteiger partial charge on any atom is -0.454 e. The van der Waals surface area contributed by atoms with Crippen LogP contribution in [0.25, 0.3) is 0 Å². The highest BCUT2D eigenvalue weighted by molar-refractivity contribution is 8.00. The highest BCUT2D eigenvalue weighted by Gasteiger charge is 2.35. The van der Waals surface area contributed by atoms with E-state index in [9.17, 15) is 9.59 Å². The monoisotopic (exact) mass is 384 g/mol. The summed E-state index contributed by atoms with van der Waals surface area (Å²) in [6, 6.07) is 13.2. The Hall–Kier alpha value is -2.67. The normalized spacial score (nSPS) is 18.0. The van der Waals surface area contributed by atoms with Gasteiger partial charge in [-0.15, -0.1) is 11.8 Å². The molecule has 0 aliphatic carbocycles. The molecule has 27 heavy (non-hydrogen) atoms. The lowest BCUT2D eigenvalue weighted by atomic mass is 10.1. The number of ether oxygens (including phenoxy) is 2. The first-order valence-corrected chi connectivity index (χ1v) is 9.93. The number of rotatable bonds is 5. The average Bonchev–Trinajstić information content (AvgIpc) is 3.27. The molecular formula is C20H20N2O4S. The van der Waals surface area contributed by atoms with Crippen LogP contribution in [-0.4, -0.2) is 24.4 Å². The van der Waals surface area contributed by atoms with Crippen LogP contribution in [0, 0.1) is 0 Å². The summed E-state index contributed by atoms with van der Waals surface area (Å²) in [6.45, 7) is 2.17. The Labute approximate surface area is 161 Å². The van der Waals surface area contributed by atoms with Crippen LogP contribution in [-0.2, 0) is 9.59 Å². The molecule has 2 aromatic carbocycles. The third-order valence-corrected chi connectivity index (χ3v) is 5.65. The van der Waals surface area contributed by atoms with E-state index in [0.29, 0.717) is 23.7 Å². The summed E-state index contributed by atoms with van der Waals surface area (Å²) in [6.07, 6.45) is 1.29. The van der Waals surface area contributed by atoms with E-state index >= 15 is 0 Å². The van der Waals surface area contributed by atoms with Gasteiger partial charge in [0.05, 0.1) is 5.75 Å².